The van der Waals surface area contributed by atoms with Crippen LogP contribution >= 0.6 is 0 Å². The number of benzene rings is 2. The molecule has 0 saturated carbocycles. The Balaban J connectivity index is 1.52. The molecule has 186 valence electrons. The number of para-hydroxylation sites is 3. The Kier molecular flexibility index (Phi) is 9.33. The fourth-order valence-electron chi connectivity index (χ4n) is 4.50. The summed E-state index contributed by atoms with van der Waals surface area (Å²) in [5.41, 5.74) is 3.09. The van der Waals surface area contributed by atoms with Gasteiger partial charge < -0.3 is 19.5 Å². The Morgan fingerprint density at radius 1 is 0.971 bits per heavy atom. The van der Waals surface area contributed by atoms with Crippen LogP contribution in [0.25, 0.3) is 0 Å². The maximum absolute atomic E-state index is 12.8. The Hall–Kier alpha value is -2.61. The highest BCUT2D eigenvalue weighted by atomic mass is 16.5. The van der Waals surface area contributed by atoms with Gasteiger partial charge in [0.25, 0.3) is 0 Å². The minimum Gasteiger partial charge on any atom is -0.493 e. The molecule has 3 rings (SSSR count). The topological polar surface area (TPSA) is 63.3 Å². The van der Waals surface area contributed by atoms with Gasteiger partial charge in [0.2, 0.25) is 5.91 Å². The van der Waals surface area contributed by atoms with E-state index in [0.717, 1.165) is 36.4 Å². The van der Waals surface area contributed by atoms with Gasteiger partial charge in [-0.3, -0.25) is 14.6 Å². The summed E-state index contributed by atoms with van der Waals surface area (Å²) in [7, 11) is 3.36. The quantitative estimate of drug-likeness (QED) is 0.572. The van der Waals surface area contributed by atoms with Crippen molar-refractivity contribution in [1.82, 2.24) is 9.80 Å². The van der Waals surface area contributed by atoms with Crippen molar-refractivity contribution < 1.29 is 19.0 Å². The molecular weight excluding hydrogens is 430 g/mol. The van der Waals surface area contributed by atoms with Crippen molar-refractivity contribution in [1.29, 1.82) is 0 Å². The number of methoxy groups -OCH3 is 2. The molecule has 1 fully saturated rings. The Morgan fingerprint density at radius 2 is 1.59 bits per heavy atom. The Bertz CT molecular complexity index is 931. The van der Waals surface area contributed by atoms with E-state index in [0.29, 0.717) is 30.7 Å². The number of amides is 1. The molecule has 3 unspecified atom stereocenters. The first kappa shape index (κ1) is 26.0. The average Bonchev–Trinajstić information content (AvgIpc) is 2.82. The van der Waals surface area contributed by atoms with Crippen molar-refractivity contribution in [2.24, 2.45) is 0 Å². The number of piperazine rings is 1. The molecule has 0 aliphatic carbocycles. The molecule has 7 heteroatoms. The van der Waals surface area contributed by atoms with Gasteiger partial charge in [-0.25, -0.2) is 0 Å². The van der Waals surface area contributed by atoms with E-state index in [1.165, 1.54) is 0 Å². The molecule has 1 N–H and O–H groups in total. The number of nitrogens with one attached hydrogen (secondary N) is 1. The predicted octanol–water partition coefficient (Wildman–Crippen LogP) is 3.74. The monoisotopic (exact) mass is 469 g/mol. The highest BCUT2D eigenvalue weighted by Gasteiger charge is 2.31. The summed E-state index contributed by atoms with van der Waals surface area (Å²) in [4.78, 5) is 17.5. The van der Waals surface area contributed by atoms with Gasteiger partial charge in [0, 0.05) is 44.5 Å². The van der Waals surface area contributed by atoms with Crippen LogP contribution in [0.3, 0.4) is 0 Å². The van der Waals surface area contributed by atoms with Gasteiger partial charge in [0.1, 0.15) is 12.7 Å². The number of hydrogen-bond donors (Lipinski definition) is 1. The van der Waals surface area contributed by atoms with E-state index in [-0.39, 0.29) is 18.1 Å². The molecule has 1 saturated heterocycles. The van der Waals surface area contributed by atoms with Crippen LogP contribution in [0.4, 0.5) is 5.69 Å². The summed E-state index contributed by atoms with van der Waals surface area (Å²) in [5.74, 6) is 1.46. The number of nitrogens with zero attached hydrogens (tertiary/aromatic N) is 2. The fourth-order valence-corrected chi connectivity index (χ4v) is 4.50. The molecule has 1 amide bonds. The molecule has 0 radical (unpaired) electrons. The molecule has 0 bridgehead atoms. The molecule has 2 aromatic rings. The minimum atomic E-state index is -0.0709. The molecule has 2 aromatic carbocycles. The molecule has 1 aliphatic heterocycles. The molecule has 1 heterocycles. The molecule has 0 aromatic heterocycles. The lowest BCUT2D eigenvalue weighted by molar-refractivity contribution is -0.119. The van der Waals surface area contributed by atoms with Crippen LogP contribution < -0.4 is 14.8 Å². The smallest absolute Gasteiger partial charge is 0.238 e. The molecular formula is C27H39N3O4. The van der Waals surface area contributed by atoms with E-state index >= 15 is 0 Å². The zero-order valence-electron chi connectivity index (χ0n) is 21.3. The first-order chi connectivity index (χ1) is 16.3. The van der Waals surface area contributed by atoms with Crippen LogP contribution in [0.1, 0.15) is 25.0 Å². The molecule has 7 nitrogen and oxygen atoms in total. The van der Waals surface area contributed by atoms with Crippen molar-refractivity contribution in [3.63, 3.8) is 0 Å². The van der Waals surface area contributed by atoms with E-state index in [9.17, 15) is 4.79 Å². The van der Waals surface area contributed by atoms with Crippen LogP contribution in [0, 0.1) is 13.8 Å². The summed E-state index contributed by atoms with van der Waals surface area (Å²) in [5, 5.41) is 3.11. The second-order valence-electron chi connectivity index (χ2n) is 9.22. The zero-order valence-corrected chi connectivity index (χ0v) is 21.3. The van der Waals surface area contributed by atoms with Crippen molar-refractivity contribution in [3.8, 4) is 11.5 Å². The van der Waals surface area contributed by atoms with Gasteiger partial charge in [-0.05, 0) is 51.0 Å². The Labute approximate surface area is 204 Å². The molecule has 34 heavy (non-hydrogen) atoms. The predicted molar refractivity (Wildman–Crippen MR) is 136 cm³/mol. The molecule has 1 aliphatic rings. The van der Waals surface area contributed by atoms with Gasteiger partial charge in [-0.1, -0.05) is 30.3 Å². The lowest BCUT2D eigenvalue weighted by Gasteiger charge is -2.44. The van der Waals surface area contributed by atoms with Gasteiger partial charge in [-0.2, -0.15) is 0 Å². The summed E-state index contributed by atoms with van der Waals surface area (Å²) < 4.78 is 17.1. The summed E-state index contributed by atoms with van der Waals surface area (Å²) in [6.07, 6.45) is -0.0709. The van der Waals surface area contributed by atoms with Crippen molar-refractivity contribution in [2.75, 3.05) is 52.3 Å². The maximum Gasteiger partial charge on any atom is 0.238 e. The van der Waals surface area contributed by atoms with Crippen LogP contribution in [0.15, 0.2) is 42.5 Å². The standard InChI is InChI=1S/C27H39N3O4/c1-19-10-9-11-20(2)27(19)28-26(31)17-30-15-21(3)29(14-22(30)4)16-23(32-5)18-34-25-13-8-7-12-24(25)33-6/h7-13,21-23H,14-18H2,1-6H3,(H,28,31). The number of anilines is 1. The summed E-state index contributed by atoms with van der Waals surface area (Å²) >= 11 is 0. The lowest BCUT2D eigenvalue weighted by atomic mass is 10.1. The van der Waals surface area contributed by atoms with Crippen LogP contribution in [-0.2, 0) is 9.53 Å². The second-order valence-corrected chi connectivity index (χ2v) is 9.22. The SMILES string of the molecule is COc1ccccc1OCC(CN1CC(C)N(CC(=O)Nc2c(C)cccc2C)CC1C)OC. The maximum atomic E-state index is 12.8. The number of hydrogen-bond acceptors (Lipinski definition) is 6. The largest absolute Gasteiger partial charge is 0.493 e. The van der Waals surface area contributed by atoms with Crippen molar-refractivity contribution in [3.05, 3.63) is 53.6 Å². The molecule has 0 spiro atoms. The van der Waals surface area contributed by atoms with E-state index in [1.54, 1.807) is 14.2 Å². The van der Waals surface area contributed by atoms with Gasteiger partial charge in [0.05, 0.1) is 13.7 Å². The number of carbonyl (C=O) groups excluding carboxylic acids is 1. The van der Waals surface area contributed by atoms with E-state index < -0.39 is 0 Å². The number of ether oxygens (including phenoxy) is 3. The first-order valence-corrected chi connectivity index (χ1v) is 11.9. The average molecular weight is 470 g/mol. The fraction of sp³-hybridized carbons (Fsp3) is 0.519. The third-order valence-corrected chi connectivity index (χ3v) is 6.60. The van der Waals surface area contributed by atoms with E-state index in [2.05, 4.69) is 29.0 Å². The van der Waals surface area contributed by atoms with Gasteiger partial charge >= 0.3 is 0 Å². The Morgan fingerprint density at radius 3 is 2.24 bits per heavy atom. The van der Waals surface area contributed by atoms with E-state index in [4.69, 9.17) is 14.2 Å². The normalized spacial score (nSPS) is 20.1. The van der Waals surface area contributed by atoms with Crippen LogP contribution in [-0.4, -0.2) is 80.9 Å². The van der Waals surface area contributed by atoms with E-state index in [1.807, 2.05) is 56.3 Å². The third-order valence-electron chi connectivity index (χ3n) is 6.60. The molecule has 3 atom stereocenters. The van der Waals surface area contributed by atoms with Crippen LogP contribution in [0.5, 0.6) is 11.5 Å². The summed E-state index contributed by atoms with van der Waals surface area (Å²) in [6.45, 7) is 11.7. The number of rotatable bonds is 10. The second kappa shape index (κ2) is 12.2. The van der Waals surface area contributed by atoms with Crippen LogP contribution in [0.2, 0.25) is 0 Å². The highest BCUT2D eigenvalue weighted by molar-refractivity contribution is 5.93. The van der Waals surface area contributed by atoms with Gasteiger partial charge in [0.15, 0.2) is 11.5 Å². The minimum absolute atomic E-state index is 0.0323. The highest BCUT2D eigenvalue weighted by Crippen LogP contribution is 2.26. The van der Waals surface area contributed by atoms with Crippen molar-refractivity contribution >= 4 is 11.6 Å². The van der Waals surface area contributed by atoms with Crippen molar-refractivity contribution in [2.45, 2.75) is 45.9 Å². The van der Waals surface area contributed by atoms with Gasteiger partial charge in [-0.15, -0.1) is 0 Å². The number of carbonyl (C=O) groups is 1. The summed E-state index contributed by atoms with van der Waals surface area (Å²) in [6, 6.07) is 14.3. The zero-order chi connectivity index (χ0) is 24.7. The third kappa shape index (κ3) is 6.72. The lowest BCUT2D eigenvalue weighted by Crippen LogP contribution is -2.59. The number of aryl methyl sites for hydroxylation is 2. The first-order valence-electron chi connectivity index (χ1n) is 11.9.